The van der Waals surface area contributed by atoms with Gasteiger partial charge in [-0.1, -0.05) is 0 Å². The molecule has 1 saturated carbocycles. The van der Waals surface area contributed by atoms with Crippen LogP contribution < -0.4 is 4.74 Å². The average molecular weight is 445 g/mol. The third kappa shape index (κ3) is 5.71. The fraction of sp³-hybridized carbons (Fsp3) is 0.696. The molecule has 0 saturated heterocycles. The van der Waals surface area contributed by atoms with Gasteiger partial charge in [-0.05, 0) is 65.0 Å². The molecular weight excluding hydrogens is 409 g/mol. The van der Waals surface area contributed by atoms with E-state index in [1.165, 1.54) is 19.2 Å². The first-order chi connectivity index (χ1) is 14.4. The zero-order valence-electron chi connectivity index (χ0n) is 19.3. The van der Waals surface area contributed by atoms with Gasteiger partial charge >= 0.3 is 6.18 Å². The van der Waals surface area contributed by atoms with Crippen molar-refractivity contribution < 1.29 is 27.8 Å². The van der Waals surface area contributed by atoms with Crippen molar-refractivity contribution in [1.82, 2.24) is 4.90 Å². The van der Waals surface area contributed by atoms with Crippen LogP contribution >= 0.6 is 0 Å². The zero-order chi connectivity index (χ0) is 23.4. The van der Waals surface area contributed by atoms with Crippen LogP contribution in [0.1, 0.15) is 57.6 Å². The van der Waals surface area contributed by atoms with Gasteiger partial charge in [0, 0.05) is 31.1 Å². The van der Waals surface area contributed by atoms with Crippen molar-refractivity contribution in [2.45, 2.75) is 77.4 Å². The van der Waals surface area contributed by atoms with Gasteiger partial charge < -0.3 is 19.5 Å². The molecule has 1 aromatic rings. The lowest BCUT2D eigenvalue weighted by Gasteiger charge is -2.42. The summed E-state index contributed by atoms with van der Waals surface area (Å²) < 4.78 is 54.2. The van der Waals surface area contributed by atoms with Crippen LogP contribution in [0, 0.1) is 12.8 Å². The summed E-state index contributed by atoms with van der Waals surface area (Å²) in [4.78, 5) is 6.21. The van der Waals surface area contributed by atoms with Gasteiger partial charge in [0.2, 0.25) is 0 Å². The second kappa shape index (κ2) is 10.2. The number of benzene rings is 1. The van der Waals surface area contributed by atoms with Gasteiger partial charge in [0.15, 0.2) is 5.60 Å². The molecule has 0 bridgehead atoms. The van der Waals surface area contributed by atoms with E-state index in [0.717, 1.165) is 6.54 Å². The molecule has 0 spiro atoms. The molecule has 0 aromatic heterocycles. The number of ether oxygens (including phenoxy) is 2. The molecule has 1 aliphatic rings. The number of halogens is 3. The Labute approximate surface area is 183 Å². The van der Waals surface area contributed by atoms with Crippen LogP contribution in [0.2, 0.25) is 0 Å². The Kier molecular flexibility index (Phi) is 8.39. The maximum atomic E-state index is 14.4. The van der Waals surface area contributed by atoms with Gasteiger partial charge in [0.25, 0.3) is 0 Å². The van der Waals surface area contributed by atoms with Crippen molar-refractivity contribution in [3.63, 3.8) is 0 Å². The number of alkyl halides is 3. The average Bonchev–Trinajstić information content (AvgIpc) is 2.71. The molecule has 0 aliphatic heterocycles. The third-order valence-electron chi connectivity index (χ3n) is 5.98. The first kappa shape index (κ1) is 25.5. The number of hydrogen-bond donors (Lipinski definition) is 1. The smallest absolute Gasteiger partial charge is 0.421 e. The summed E-state index contributed by atoms with van der Waals surface area (Å²) in [6.45, 7) is 8.22. The highest BCUT2D eigenvalue weighted by Crippen LogP contribution is 2.52. The van der Waals surface area contributed by atoms with Crippen molar-refractivity contribution >= 4 is 12.0 Å². The molecule has 31 heavy (non-hydrogen) atoms. The van der Waals surface area contributed by atoms with E-state index in [1.54, 1.807) is 13.3 Å². The molecule has 0 heterocycles. The fourth-order valence-corrected chi connectivity index (χ4v) is 4.13. The maximum absolute atomic E-state index is 14.4. The van der Waals surface area contributed by atoms with Gasteiger partial charge in [0.05, 0.1) is 31.3 Å². The summed E-state index contributed by atoms with van der Waals surface area (Å²) >= 11 is 0. The number of aliphatic imine (C=N–C) groups is 1. The second-order valence-corrected chi connectivity index (χ2v) is 8.58. The first-order valence-corrected chi connectivity index (χ1v) is 10.8. The van der Waals surface area contributed by atoms with Gasteiger partial charge in [-0.25, -0.2) is 4.99 Å². The summed E-state index contributed by atoms with van der Waals surface area (Å²) in [6.07, 6.45) is -1.89. The molecule has 176 valence electrons. The number of methoxy groups -OCH3 is 1. The van der Waals surface area contributed by atoms with Crippen LogP contribution in [0.3, 0.4) is 0 Å². The molecule has 2 rings (SSSR count). The van der Waals surface area contributed by atoms with Crippen LogP contribution in [-0.4, -0.2) is 55.4 Å². The summed E-state index contributed by atoms with van der Waals surface area (Å²) in [7, 11) is 3.16. The molecular formula is C23H35F3N2O3. The molecule has 1 N–H and O–H groups in total. The number of rotatable bonds is 8. The predicted octanol–water partition coefficient (Wildman–Crippen LogP) is 5.35. The van der Waals surface area contributed by atoms with Gasteiger partial charge in [0.1, 0.15) is 5.75 Å². The number of aliphatic hydroxyl groups is 1. The lowest BCUT2D eigenvalue weighted by Crippen LogP contribution is -2.50. The topological polar surface area (TPSA) is 54.3 Å². The molecule has 1 aromatic carbocycles. The maximum Gasteiger partial charge on any atom is 0.421 e. The molecule has 0 amide bonds. The minimum Gasteiger partial charge on any atom is -0.496 e. The Hall–Kier alpha value is -1.80. The third-order valence-corrected chi connectivity index (χ3v) is 5.98. The lowest BCUT2D eigenvalue weighted by atomic mass is 9.71. The van der Waals surface area contributed by atoms with E-state index in [1.807, 2.05) is 32.7 Å². The SMILES string of the molecule is CCN(C)C=Nc1cc(OC)c(C(O)(C2CCC(OC(C)C)CC2)C(F)(F)F)cc1C. The number of aryl methyl sites for hydroxylation is 1. The zero-order valence-corrected chi connectivity index (χ0v) is 19.3. The summed E-state index contributed by atoms with van der Waals surface area (Å²) in [5.74, 6) is -0.995. The summed E-state index contributed by atoms with van der Waals surface area (Å²) in [5.41, 5.74) is -2.22. The predicted molar refractivity (Wildman–Crippen MR) is 116 cm³/mol. The summed E-state index contributed by atoms with van der Waals surface area (Å²) in [5, 5.41) is 11.2. The monoisotopic (exact) mass is 444 g/mol. The van der Waals surface area contributed by atoms with E-state index in [4.69, 9.17) is 9.47 Å². The van der Waals surface area contributed by atoms with Crippen molar-refractivity contribution in [3.8, 4) is 5.75 Å². The molecule has 1 unspecified atom stereocenters. The Balaban J connectivity index is 2.44. The van der Waals surface area contributed by atoms with E-state index >= 15 is 0 Å². The van der Waals surface area contributed by atoms with Crippen molar-refractivity contribution in [2.24, 2.45) is 10.9 Å². The highest BCUT2D eigenvalue weighted by molar-refractivity contribution is 5.65. The minimum atomic E-state index is -4.85. The molecule has 1 fully saturated rings. The standard InChI is InChI=1S/C23H35F3N2O3/c1-7-28(5)14-27-20-13-21(30-6)19(12-16(20)4)22(29,23(24,25)26)17-8-10-18(11-9-17)31-15(2)3/h12-15,17-18,29H,7-11H2,1-6H3. The molecule has 8 heteroatoms. The van der Waals surface area contributed by atoms with Crippen molar-refractivity contribution in [1.29, 1.82) is 0 Å². The Morgan fingerprint density at radius 1 is 1.23 bits per heavy atom. The largest absolute Gasteiger partial charge is 0.496 e. The molecule has 1 aliphatic carbocycles. The molecule has 1 atom stereocenters. The van der Waals surface area contributed by atoms with Crippen LogP contribution in [0.15, 0.2) is 17.1 Å². The van der Waals surface area contributed by atoms with E-state index in [-0.39, 0.29) is 36.4 Å². The minimum absolute atomic E-state index is 0.0164. The van der Waals surface area contributed by atoms with Crippen LogP contribution in [0.4, 0.5) is 18.9 Å². The molecule has 0 radical (unpaired) electrons. The quantitative estimate of drug-likeness (QED) is 0.434. The van der Waals surface area contributed by atoms with E-state index in [0.29, 0.717) is 24.1 Å². The van der Waals surface area contributed by atoms with E-state index < -0.39 is 17.7 Å². The van der Waals surface area contributed by atoms with Gasteiger partial charge in [-0.3, -0.25) is 0 Å². The Morgan fingerprint density at radius 3 is 2.32 bits per heavy atom. The highest BCUT2D eigenvalue weighted by atomic mass is 19.4. The second-order valence-electron chi connectivity index (χ2n) is 8.58. The normalized spacial score (nSPS) is 22.0. The Morgan fingerprint density at radius 2 is 1.84 bits per heavy atom. The van der Waals surface area contributed by atoms with Crippen molar-refractivity contribution in [2.75, 3.05) is 20.7 Å². The van der Waals surface area contributed by atoms with E-state index in [2.05, 4.69) is 4.99 Å². The first-order valence-electron chi connectivity index (χ1n) is 10.8. The molecule has 5 nitrogen and oxygen atoms in total. The van der Waals surface area contributed by atoms with Gasteiger partial charge in [-0.2, -0.15) is 13.2 Å². The van der Waals surface area contributed by atoms with E-state index in [9.17, 15) is 18.3 Å². The van der Waals surface area contributed by atoms with Crippen LogP contribution in [0.25, 0.3) is 0 Å². The lowest BCUT2D eigenvalue weighted by molar-refractivity contribution is -0.292. The van der Waals surface area contributed by atoms with Crippen LogP contribution in [-0.2, 0) is 10.3 Å². The number of hydrogen-bond acceptors (Lipinski definition) is 4. The highest BCUT2D eigenvalue weighted by Gasteiger charge is 2.61. The van der Waals surface area contributed by atoms with Crippen molar-refractivity contribution in [3.05, 3.63) is 23.3 Å². The van der Waals surface area contributed by atoms with Crippen LogP contribution in [0.5, 0.6) is 5.75 Å². The Bertz CT molecular complexity index is 759. The number of nitrogens with zero attached hydrogens (tertiary/aromatic N) is 2. The fourth-order valence-electron chi connectivity index (χ4n) is 4.13. The summed E-state index contributed by atoms with van der Waals surface area (Å²) in [6, 6.07) is 2.83. The van der Waals surface area contributed by atoms with Gasteiger partial charge in [-0.15, -0.1) is 0 Å².